The van der Waals surface area contributed by atoms with E-state index in [1.54, 1.807) is 13.2 Å². The Bertz CT molecular complexity index is 2260. The van der Waals surface area contributed by atoms with Gasteiger partial charge in [0.2, 0.25) is 5.91 Å². The minimum Gasteiger partial charge on any atom is -0.496 e. The van der Waals surface area contributed by atoms with Gasteiger partial charge in [0.1, 0.15) is 27.7 Å². The molecule has 2 aromatic heterocycles. The van der Waals surface area contributed by atoms with Gasteiger partial charge in [0.05, 0.1) is 36.0 Å². The number of nitrogens with one attached hydrogen (secondary N) is 2. The molecule has 4 aromatic rings. The highest BCUT2D eigenvalue weighted by atomic mass is 32.1. The summed E-state index contributed by atoms with van der Waals surface area (Å²) in [6, 6.07) is 9.84. The van der Waals surface area contributed by atoms with E-state index >= 15 is 0 Å². The van der Waals surface area contributed by atoms with Gasteiger partial charge in [-0.3, -0.25) is 9.59 Å². The molecular formula is C46H53F3N4O6S. The highest BCUT2D eigenvalue weighted by Gasteiger charge is 2.61. The van der Waals surface area contributed by atoms with Gasteiger partial charge in [-0.05, 0) is 100 Å². The summed E-state index contributed by atoms with van der Waals surface area (Å²) >= 11 is 1.49. The number of nitrogens with zero attached hydrogens (tertiary/aromatic N) is 2. The van der Waals surface area contributed by atoms with Crippen molar-refractivity contribution in [3.63, 3.8) is 0 Å². The van der Waals surface area contributed by atoms with Crippen LogP contribution in [0.25, 0.3) is 21.6 Å². The molecule has 10 nitrogen and oxygen atoms in total. The molecule has 3 N–H and O–H groups in total. The van der Waals surface area contributed by atoms with E-state index in [1.165, 1.54) is 17.4 Å². The molecule has 3 aliphatic rings. The number of carboxylic acids is 1. The molecule has 2 aromatic carbocycles. The van der Waals surface area contributed by atoms with E-state index in [9.17, 15) is 32.7 Å². The smallest absolute Gasteiger partial charge is 0.416 e. The molecule has 2 fully saturated rings. The third-order valence-corrected chi connectivity index (χ3v) is 13.2. The number of pyridine rings is 1. The molecule has 320 valence electrons. The Morgan fingerprint density at radius 3 is 2.58 bits per heavy atom. The number of carboxylic acid groups (broad SMARTS) is 1. The Kier molecular flexibility index (Phi) is 12.9. The lowest BCUT2D eigenvalue weighted by Gasteiger charge is -2.26. The summed E-state index contributed by atoms with van der Waals surface area (Å²) in [4.78, 5) is 51.0. The average Bonchev–Trinajstić information content (AvgIpc) is 3.74. The molecule has 0 saturated heterocycles. The van der Waals surface area contributed by atoms with Crippen LogP contribution in [0.5, 0.6) is 11.5 Å². The summed E-state index contributed by atoms with van der Waals surface area (Å²) in [6.07, 6.45) is 4.16. The molecule has 60 heavy (non-hydrogen) atoms. The van der Waals surface area contributed by atoms with Gasteiger partial charge < -0.3 is 25.2 Å². The minimum absolute atomic E-state index is 0.116. The second kappa shape index (κ2) is 17.9. The molecule has 7 rings (SSSR count). The molecule has 0 radical (unpaired) electrons. The summed E-state index contributed by atoms with van der Waals surface area (Å²) in [6.45, 7) is 6.09. The second-order valence-corrected chi connectivity index (χ2v) is 17.8. The number of anilines is 1. The van der Waals surface area contributed by atoms with Crippen LogP contribution in [-0.4, -0.2) is 57.5 Å². The van der Waals surface area contributed by atoms with E-state index in [0.717, 1.165) is 46.6 Å². The lowest BCUT2D eigenvalue weighted by atomic mass is 9.89. The van der Waals surface area contributed by atoms with E-state index in [1.807, 2.05) is 42.7 Å². The van der Waals surface area contributed by atoms with Crippen LogP contribution in [-0.2, 0) is 20.6 Å². The molecule has 1 amide bonds. The van der Waals surface area contributed by atoms with Crippen LogP contribution in [0.15, 0.2) is 60.0 Å². The van der Waals surface area contributed by atoms with Crippen LogP contribution in [0.2, 0.25) is 0 Å². The van der Waals surface area contributed by atoms with E-state index in [2.05, 4.69) is 24.5 Å². The van der Waals surface area contributed by atoms with Gasteiger partial charge in [0, 0.05) is 46.3 Å². The number of methoxy groups -OCH3 is 1. The number of carbonyl (C=O) groups is 3. The number of allylic oxidation sites excluding steroid dienone is 1. The summed E-state index contributed by atoms with van der Waals surface area (Å²) < 4.78 is 53.6. The van der Waals surface area contributed by atoms with Gasteiger partial charge in [-0.1, -0.05) is 44.9 Å². The fourth-order valence-corrected chi connectivity index (χ4v) is 9.63. The molecule has 3 heterocycles. The van der Waals surface area contributed by atoms with Crippen LogP contribution in [0.4, 0.5) is 18.9 Å². The largest absolute Gasteiger partial charge is 0.496 e. The summed E-state index contributed by atoms with van der Waals surface area (Å²) in [5.41, 5.74) is 1.13. The minimum atomic E-state index is -4.53. The number of thiazole rings is 1. The van der Waals surface area contributed by atoms with Crippen LogP contribution in [0.3, 0.4) is 0 Å². The number of carbonyl (C=O) groups excluding carboxylic acids is 2. The van der Waals surface area contributed by atoms with Crippen molar-refractivity contribution in [2.45, 2.75) is 121 Å². The maximum atomic E-state index is 14.3. The number of rotatable bonds is 8. The van der Waals surface area contributed by atoms with Crippen molar-refractivity contribution in [2.75, 3.05) is 12.4 Å². The quantitative estimate of drug-likeness (QED) is 0.148. The first-order valence-electron chi connectivity index (χ1n) is 20.9. The summed E-state index contributed by atoms with van der Waals surface area (Å²) in [5, 5.41) is 19.9. The molecule has 2 bridgehead atoms. The molecule has 0 spiro atoms. The first kappa shape index (κ1) is 43.1. The van der Waals surface area contributed by atoms with E-state index < -0.39 is 41.3 Å². The predicted octanol–water partition coefficient (Wildman–Crippen LogP) is 10.3. The van der Waals surface area contributed by atoms with Crippen molar-refractivity contribution in [1.82, 2.24) is 15.3 Å². The topological polar surface area (TPSA) is 140 Å². The fraction of sp³-hybridized carbons (Fsp3) is 0.500. The number of amides is 1. The first-order valence-corrected chi connectivity index (χ1v) is 21.8. The Balaban J connectivity index is 1.23. The van der Waals surface area contributed by atoms with Gasteiger partial charge in [-0.2, -0.15) is 13.2 Å². The van der Waals surface area contributed by atoms with Crippen molar-refractivity contribution in [3.8, 4) is 22.2 Å². The van der Waals surface area contributed by atoms with Crippen LogP contribution in [0, 0.1) is 24.7 Å². The number of ketones is 1. The van der Waals surface area contributed by atoms with Crippen molar-refractivity contribution in [2.24, 2.45) is 17.8 Å². The number of halogens is 3. The number of benzene rings is 2. The third-order valence-electron chi connectivity index (χ3n) is 12.3. The van der Waals surface area contributed by atoms with E-state index in [0.29, 0.717) is 67.7 Å². The number of fused-ring (bicyclic) bond motifs is 5. The number of hydrogen-bond donors (Lipinski definition) is 3. The maximum absolute atomic E-state index is 14.3. The maximum Gasteiger partial charge on any atom is 0.416 e. The lowest BCUT2D eigenvalue weighted by Crippen LogP contribution is -2.47. The third kappa shape index (κ3) is 9.64. The van der Waals surface area contributed by atoms with Crippen LogP contribution in [0.1, 0.15) is 107 Å². The molecule has 2 saturated carbocycles. The van der Waals surface area contributed by atoms with Gasteiger partial charge in [0.15, 0.2) is 5.78 Å². The fourth-order valence-electron chi connectivity index (χ4n) is 8.69. The molecule has 2 aliphatic carbocycles. The number of alkyl halides is 3. The standard InChI is InChI=1S/C46H53F3N4O6S/c1-26(2)37-25-60-43(52-37)36-23-40(34-17-18-39(58-4)27(3)41(34)51-36)59-33-19-28-15-16-29(21-33)42(55)53-45(44(56)57)24-31(45)11-8-6-5-7-9-14-35(38(54)20-28)50-32-13-10-12-30(22-32)46(47,48)49/h8,10-13,17-18,22-23,25-26,28-29,31,33,35,50H,5-7,9,14-16,19-21,24H2,1-4H3,(H,53,55)(H,56,57)/b11-8-/t28?,29-,31+,33-,35-,45+/m0/s1. The Hall–Kier alpha value is -4.98. The zero-order chi connectivity index (χ0) is 42.8. The highest BCUT2D eigenvalue weighted by molar-refractivity contribution is 7.13. The number of aromatic nitrogens is 2. The first-order chi connectivity index (χ1) is 28.6. The number of ether oxygens (including phenoxy) is 2. The number of hydrogen-bond acceptors (Lipinski definition) is 9. The summed E-state index contributed by atoms with van der Waals surface area (Å²) in [7, 11) is 1.60. The Morgan fingerprint density at radius 1 is 1.03 bits per heavy atom. The normalized spacial score (nSPS) is 26.0. The van der Waals surface area contributed by atoms with Gasteiger partial charge in [-0.15, -0.1) is 11.3 Å². The zero-order valence-corrected chi connectivity index (χ0v) is 35.3. The van der Waals surface area contributed by atoms with Crippen molar-refractivity contribution >= 4 is 45.6 Å². The van der Waals surface area contributed by atoms with Crippen molar-refractivity contribution < 1.29 is 42.1 Å². The van der Waals surface area contributed by atoms with Crippen molar-refractivity contribution in [1.29, 1.82) is 0 Å². The second-order valence-electron chi connectivity index (χ2n) is 17.0. The molecule has 1 unspecified atom stereocenters. The van der Waals surface area contributed by atoms with E-state index in [-0.39, 0.29) is 48.0 Å². The van der Waals surface area contributed by atoms with E-state index in [4.69, 9.17) is 19.4 Å². The average molecular weight is 847 g/mol. The highest BCUT2D eigenvalue weighted by Crippen LogP contribution is 2.46. The van der Waals surface area contributed by atoms with Gasteiger partial charge in [0.25, 0.3) is 0 Å². The zero-order valence-electron chi connectivity index (χ0n) is 34.4. The monoisotopic (exact) mass is 846 g/mol. The number of Topliss-reactive ketones (excluding diaryl/α,β-unsaturated/α-hetero) is 1. The Morgan fingerprint density at radius 2 is 1.85 bits per heavy atom. The SMILES string of the molecule is COc1ccc2c(O[C@H]3CC4CC[C@@H](C3)C(=O)N[C@]3(C(=O)O)C[C@H]3/C=C\CCCCC[C@H](Nc3cccc(C(F)(F)F)c3)C(=O)C4)cc(-c3nc(C(C)C)cs3)nc2c1C. The predicted molar refractivity (Wildman–Crippen MR) is 225 cm³/mol. The van der Waals surface area contributed by atoms with Gasteiger partial charge >= 0.3 is 12.1 Å². The number of aliphatic carboxylic acids is 1. The van der Waals surface area contributed by atoms with Gasteiger partial charge in [-0.25, -0.2) is 14.8 Å². The molecular weight excluding hydrogens is 794 g/mol. The molecule has 14 heteroatoms. The van der Waals surface area contributed by atoms with Crippen molar-refractivity contribution in [3.05, 3.63) is 76.8 Å². The summed E-state index contributed by atoms with van der Waals surface area (Å²) in [5.74, 6) is -1.27. The van der Waals surface area contributed by atoms with Crippen LogP contribution < -0.4 is 20.1 Å². The lowest BCUT2D eigenvalue weighted by molar-refractivity contribution is -0.144. The molecule has 6 atom stereocenters. The molecule has 1 aliphatic heterocycles. The van der Waals surface area contributed by atoms with Crippen LogP contribution >= 0.6 is 11.3 Å². The number of aryl methyl sites for hydroxylation is 1. The Labute approximate surface area is 352 Å².